The predicted octanol–water partition coefficient (Wildman–Crippen LogP) is 2.86. The number of carboxylic acids is 1. The fourth-order valence-electron chi connectivity index (χ4n) is 1.68. The number of rotatable bonds is 4. The van der Waals surface area contributed by atoms with Crippen molar-refractivity contribution < 1.29 is 9.90 Å². The molecule has 0 aliphatic rings. The molecule has 0 saturated heterocycles. The van der Waals surface area contributed by atoms with Gasteiger partial charge < -0.3 is 10.4 Å². The molecule has 0 aliphatic heterocycles. The predicted molar refractivity (Wildman–Crippen MR) is 71.9 cm³/mol. The van der Waals surface area contributed by atoms with Crippen LogP contribution in [0, 0.1) is 6.92 Å². The summed E-state index contributed by atoms with van der Waals surface area (Å²) in [6, 6.07) is 7.62. The van der Waals surface area contributed by atoms with Crippen LogP contribution >= 0.6 is 11.3 Å². The fraction of sp³-hybridized carbons (Fsp3) is 0.231. The Hall–Kier alpha value is -1.88. The number of hydrogen-bond donors (Lipinski definition) is 2. The molecule has 0 saturated carbocycles. The molecule has 1 unspecified atom stereocenters. The molecule has 2 aromatic rings. The minimum absolute atomic E-state index is 0.538. The molecule has 1 aromatic carbocycles. The van der Waals surface area contributed by atoms with Crippen molar-refractivity contribution in [2.75, 3.05) is 5.32 Å². The zero-order chi connectivity index (χ0) is 13.2. The number of nitrogens with zero attached hydrogens (tertiary/aromatic N) is 1. The summed E-state index contributed by atoms with van der Waals surface area (Å²) < 4.78 is 0. The van der Waals surface area contributed by atoms with Crippen LogP contribution < -0.4 is 5.32 Å². The van der Waals surface area contributed by atoms with E-state index in [1.54, 1.807) is 18.5 Å². The summed E-state index contributed by atoms with van der Waals surface area (Å²) in [5.74, 6) is -0.945. The second-order valence-corrected chi connectivity index (χ2v) is 5.16. The van der Waals surface area contributed by atoms with E-state index in [1.165, 1.54) is 11.3 Å². The third-order valence-electron chi connectivity index (χ3n) is 2.70. The van der Waals surface area contributed by atoms with Crippen LogP contribution in [0.2, 0.25) is 0 Å². The number of aryl methyl sites for hydroxylation is 1. The maximum Gasteiger partial charge on any atom is 0.336 e. The van der Waals surface area contributed by atoms with Crippen LogP contribution in [0.15, 0.2) is 35.8 Å². The molecule has 0 aliphatic carbocycles. The van der Waals surface area contributed by atoms with Crippen LogP contribution in [0.1, 0.15) is 17.5 Å². The van der Waals surface area contributed by atoms with E-state index in [0.717, 1.165) is 11.3 Å². The van der Waals surface area contributed by atoms with Gasteiger partial charge in [0.25, 0.3) is 0 Å². The number of thiazole rings is 1. The topological polar surface area (TPSA) is 62.2 Å². The highest BCUT2D eigenvalue weighted by Crippen LogP contribution is 2.28. The summed E-state index contributed by atoms with van der Waals surface area (Å²) in [7, 11) is 0. The first kappa shape index (κ1) is 12.6. The van der Waals surface area contributed by atoms with Crippen molar-refractivity contribution in [2.45, 2.75) is 19.4 Å². The van der Waals surface area contributed by atoms with Crippen molar-refractivity contribution in [3.8, 4) is 0 Å². The van der Waals surface area contributed by atoms with Crippen molar-refractivity contribution in [3.63, 3.8) is 0 Å². The smallest absolute Gasteiger partial charge is 0.336 e. The van der Waals surface area contributed by atoms with E-state index >= 15 is 0 Å². The summed E-state index contributed by atoms with van der Waals surface area (Å²) >= 11 is 1.33. The standard InChI is InChI=1S/C13H14N2O2S/c1-9-4-3-5-10(8-9)15-13(2,12(16)17)11-14-6-7-18-11/h3-8,15H,1-2H3,(H,16,17). The third-order valence-corrected chi connectivity index (χ3v) is 3.69. The molecule has 1 heterocycles. The molecular formula is C13H14N2O2S. The molecule has 18 heavy (non-hydrogen) atoms. The molecule has 4 nitrogen and oxygen atoms in total. The Morgan fingerprint density at radius 2 is 2.28 bits per heavy atom. The number of carboxylic acid groups (broad SMARTS) is 1. The van der Waals surface area contributed by atoms with Crippen LogP contribution in [0.25, 0.3) is 0 Å². The van der Waals surface area contributed by atoms with E-state index in [-0.39, 0.29) is 0 Å². The van der Waals surface area contributed by atoms with Crippen molar-refractivity contribution in [3.05, 3.63) is 46.4 Å². The van der Waals surface area contributed by atoms with E-state index < -0.39 is 11.5 Å². The third kappa shape index (κ3) is 2.36. The Bertz CT molecular complexity index is 554. The highest BCUT2D eigenvalue weighted by atomic mass is 32.1. The molecule has 2 N–H and O–H groups in total. The molecule has 0 radical (unpaired) electrons. The SMILES string of the molecule is Cc1cccc(NC(C)(C(=O)O)c2nccs2)c1. The van der Waals surface area contributed by atoms with E-state index in [2.05, 4.69) is 10.3 Å². The minimum Gasteiger partial charge on any atom is -0.479 e. The fourth-order valence-corrected chi connectivity index (χ4v) is 2.43. The number of aliphatic carboxylic acids is 1. The summed E-state index contributed by atoms with van der Waals surface area (Å²) in [5, 5.41) is 14.8. The highest BCUT2D eigenvalue weighted by Gasteiger charge is 2.37. The van der Waals surface area contributed by atoms with Gasteiger partial charge in [-0.1, -0.05) is 12.1 Å². The molecular weight excluding hydrogens is 248 g/mol. The number of nitrogens with one attached hydrogen (secondary N) is 1. The molecule has 94 valence electrons. The zero-order valence-corrected chi connectivity index (χ0v) is 11.0. The van der Waals surface area contributed by atoms with Crippen LogP contribution in [-0.2, 0) is 10.3 Å². The first-order valence-corrected chi connectivity index (χ1v) is 6.38. The Labute approximate surface area is 109 Å². The van der Waals surface area contributed by atoms with Crippen LogP contribution in [0.5, 0.6) is 0 Å². The molecule has 1 atom stereocenters. The molecule has 0 fully saturated rings. The Morgan fingerprint density at radius 1 is 1.50 bits per heavy atom. The highest BCUT2D eigenvalue weighted by molar-refractivity contribution is 7.09. The number of aromatic nitrogens is 1. The molecule has 2 rings (SSSR count). The Morgan fingerprint density at radius 3 is 2.83 bits per heavy atom. The number of carbonyl (C=O) groups is 1. The van der Waals surface area contributed by atoms with Crippen molar-refractivity contribution in [1.29, 1.82) is 0 Å². The average molecular weight is 262 g/mol. The summed E-state index contributed by atoms with van der Waals surface area (Å²) in [4.78, 5) is 15.6. The van der Waals surface area contributed by atoms with E-state index in [1.807, 2.05) is 31.2 Å². The van der Waals surface area contributed by atoms with Gasteiger partial charge in [-0.2, -0.15) is 0 Å². The van der Waals surface area contributed by atoms with Gasteiger partial charge in [0, 0.05) is 17.3 Å². The van der Waals surface area contributed by atoms with Crippen LogP contribution in [0.3, 0.4) is 0 Å². The van der Waals surface area contributed by atoms with E-state index in [4.69, 9.17) is 0 Å². The van der Waals surface area contributed by atoms with Gasteiger partial charge in [-0.3, -0.25) is 0 Å². The number of benzene rings is 1. The summed E-state index contributed by atoms with van der Waals surface area (Å²) in [5.41, 5.74) is 0.643. The summed E-state index contributed by atoms with van der Waals surface area (Å²) in [6.45, 7) is 3.59. The van der Waals surface area contributed by atoms with Crippen molar-refractivity contribution in [1.82, 2.24) is 4.98 Å². The van der Waals surface area contributed by atoms with Gasteiger partial charge in [0.1, 0.15) is 5.01 Å². The van der Waals surface area contributed by atoms with Crippen molar-refractivity contribution in [2.24, 2.45) is 0 Å². The Kier molecular flexibility index (Phi) is 3.34. The first-order valence-electron chi connectivity index (χ1n) is 5.50. The molecule has 5 heteroatoms. The van der Waals surface area contributed by atoms with Gasteiger partial charge in [0.15, 0.2) is 5.54 Å². The largest absolute Gasteiger partial charge is 0.479 e. The second kappa shape index (κ2) is 4.78. The second-order valence-electron chi connectivity index (χ2n) is 4.26. The van der Waals surface area contributed by atoms with E-state index in [0.29, 0.717) is 5.01 Å². The van der Waals surface area contributed by atoms with Crippen LogP contribution in [-0.4, -0.2) is 16.1 Å². The molecule has 0 bridgehead atoms. The van der Waals surface area contributed by atoms with E-state index in [9.17, 15) is 9.90 Å². The lowest BCUT2D eigenvalue weighted by atomic mass is 10.0. The summed E-state index contributed by atoms with van der Waals surface area (Å²) in [6.07, 6.45) is 1.61. The van der Waals surface area contributed by atoms with Gasteiger partial charge in [0.2, 0.25) is 0 Å². The van der Waals surface area contributed by atoms with Crippen molar-refractivity contribution >= 4 is 23.0 Å². The van der Waals surface area contributed by atoms with Crippen LogP contribution in [0.4, 0.5) is 5.69 Å². The lowest BCUT2D eigenvalue weighted by Crippen LogP contribution is -2.40. The van der Waals surface area contributed by atoms with Gasteiger partial charge >= 0.3 is 5.97 Å². The average Bonchev–Trinajstić information content (AvgIpc) is 2.82. The first-order chi connectivity index (χ1) is 8.52. The molecule has 0 amide bonds. The molecule has 1 aromatic heterocycles. The Balaban J connectivity index is 2.36. The lowest BCUT2D eigenvalue weighted by molar-refractivity contribution is -0.142. The normalized spacial score (nSPS) is 13.9. The maximum atomic E-state index is 11.5. The monoisotopic (exact) mass is 262 g/mol. The number of hydrogen-bond acceptors (Lipinski definition) is 4. The maximum absolute atomic E-state index is 11.5. The quantitative estimate of drug-likeness (QED) is 0.889. The van der Waals surface area contributed by atoms with Gasteiger partial charge in [0.05, 0.1) is 0 Å². The van der Waals surface area contributed by atoms with Gasteiger partial charge in [-0.05, 0) is 31.5 Å². The minimum atomic E-state index is -1.21. The zero-order valence-electron chi connectivity index (χ0n) is 10.2. The lowest BCUT2D eigenvalue weighted by Gasteiger charge is -2.25. The van der Waals surface area contributed by atoms with Gasteiger partial charge in [-0.25, -0.2) is 9.78 Å². The van der Waals surface area contributed by atoms with Gasteiger partial charge in [-0.15, -0.1) is 11.3 Å². The number of anilines is 1. The molecule has 0 spiro atoms.